The van der Waals surface area contributed by atoms with E-state index in [2.05, 4.69) is 0 Å². The summed E-state index contributed by atoms with van der Waals surface area (Å²) in [4.78, 5) is 27.0. The summed E-state index contributed by atoms with van der Waals surface area (Å²) in [7, 11) is 0. The fraction of sp³-hybridized carbons (Fsp3) is 0.467. The summed E-state index contributed by atoms with van der Waals surface area (Å²) in [5.74, 6) is -0.0766. The molecule has 0 saturated carbocycles. The maximum absolute atomic E-state index is 12.0. The average molecular weight is 291 g/mol. The van der Waals surface area contributed by atoms with Crippen LogP contribution in [0.15, 0.2) is 30.3 Å². The minimum atomic E-state index is -0.499. The van der Waals surface area contributed by atoms with E-state index in [-0.39, 0.29) is 18.6 Å². The second-order valence-corrected chi connectivity index (χ2v) is 5.14. The van der Waals surface area contributed by atoms with Crippen LogP contribution in [0.4, 0.5) is 4.79 Å². The standard InChI is InChI=1S/C15H21N3O3/c1-12(16)14(19)17-7-9-18(10-8-17)15(20)21-11-13-5-3-2-4-6-13/h2-6,12H,7-11,16H2,1H3. The first-order valence-electron chi connectivity index (χ1n) is 7.08. The zero-order chi connectivity index (χ0) is 15.2. The fourth-order valence-electron chi connectivity index (χ4n) is 2.21. The van der Waals surface area contributed by atoms with Gasteiger partial charge in [0.05, 0.1) is 6.04 Å². The largest absolute Gasteiger partial charge is 0.445 e. The molecule has 1 aromatic rings. The van der Waals surface area contributed by atoms with Crippen molar-refractivity contribution in [2.24, 2.45) is 5.73 Å². The molecule has 6 nitrogen and oxygen atoms in total. The van der Waals surface area contributed by atoms with Crippen molar-refractivity contribution in [1.29, 1.82) is 0 Å². The van der Waals surface area contributed by atoms with Gasteiger partial charge in [-0.1, -0.05) is 30.3 Å². The normalized spacial score (nSPS) is 16.5. The van der Waals surface area contributed by atoms with E-state index in [0.29, 0.717) is 26.2 Å². The van der Waals surface area contributed by atoms with Gasteiger partial charge in [0.2, 0.25) is 5.91 Å². The van der Waals surface area contributed by atoms with E-state index in [1.165, 1.54) is 0 Å². The lowest BCUT2D eigenvalue weighted by molar-refractivity contribution is -0.133. The summed E-state index contributed by atoms with van der Waals surface area (Å²) in [6.07, 6.45) is -0.341. The lowest BCUT2D eigenvalue weighted by Crippen LogP contribution is -2.53. The lowest BCUT2D eigenvalue weighted by atomic mass is 10.2. The van der Waals surface area contributed by atoms with Crippen LogP contribution in [-0.4, -0.2) is 54.0 Å². The van der Waals surface area contributed by atoms with E-state index in [1.807, 2.05) is 30.3 Å². The second-order valence-electron chi connectivity index (χ2n) is 5.14. The van der Waals surface area contributed by atoms with Crippen LogP contribution >= 0.6 is 0 Å². The van der Waals surface area contributed by atoms with Gasteiger partial charge in [-0.2, -0.15) is 0 Å². The highest BCUT2D eigenvalue weighted by Crippen LogP contribution is 2.07. The number of amides is 2. The molecular formula is C15H21N3O3. The Morgan fingerprint density at radius 2 is 1.71 bits per heavy atom. The van der Waals surface area contributed by atoms with Crippen molar-refractivity contribution < 1.29 is 14.3 Å². The number of hydrogen-bond donors (Lipinski definition) is 1. The topological polar surface area (TPSA) is 75.9 Å². The third-order valence-electron chi connectivity index (χ3n) is 3.44. The van der Waals surface area contributed by atoms with Gasteiger partial charge in [-0.05, 0) is 12.5 Å². The Hall–Kier alpha value is -2.08. The average Bonchev–Trinajstić information content (AvgIpc) is 2.53. The summed E-state index contributed by atoms with van der Waals surface area (Å²) in [5, 5.41) is 0. The molecule has 1 aliphatic heterocycles. The molecule has 2 amide bonds. The SMILES string of the molecule is CC(N)C(=O)N1CCN(C(=O)OCc2ccccc2)CC1. The van der Waals surface area contributed by atoms with E-state index in [1.54, 1.807) is 16.7 Å². The molecule has 1 aromatic carbocycles. The maximum atomic E-state index is 12.0. The Bertz CT molecular complexity index is 482. The minimum absolute atomic E-state index is 0.0766. The highest BCUT2D eigenvalue weighted by atomic mass is 16.6. The number of nitrogens with zero attached hydrogens (tertiary/aromatic N) is 2. The molecule has 1 aliphatic rings. The van der Waals surface area contributed by atoms with Crippen LogP contribution in [0.25, 0.3) is 0 Å². The Morgan fingerprint density at radius 1 is 1.14 bits per heavy atom. The van der Waals surface area contributed by atoms with Crippen molar-refractivity contribution in [3.63, 3.8) is 0 Å². The van der Waals surface area contributed by atoms with Crippen LogP contribution in [0.3, 0.4) is 0 Å². The van der Waals surface area contributed by atoms with Gasteiger partial charge in [-0.3, -0.25) is 4.79 Å². The predicted octanol–water partition coefficient (Wildman–Crippen LogP) is 0.815. The van der Waals surface area contributed by atoms with Crippen LogP contribution in [0.2, 0.25) is 0 Å². The van der Waals surface area contributed by atoms with E-state index in [4.69, 9.17) is 10.5 Å². The molecule has 0 aliphatic carbocycles. The van der Waals surface area contributed by atoms with Crippen LogP contribution in [0, 0.1) is 0 Å². The van der Waals surface area contributed by atoms with Crippen molar-refractivity contribution >= 4 is 12.0 Å². The summed E-state index contributed by atoms with van der Waals surface area (Å²) < 4.78 is 5.27. The summed E-state index contributed by atoms with van der Waals surface area (Å²) in [5.41, 5.74) is 6.53. The molecule has 114 valence electrons. The molecule has 6 heteroatoms. The zero-order valence-electron chi connectivity index (χ0n) is 12.2. The number of ether oxygens (including phenoxy) is 1. The van der Waals surface area contributed by atoms with Crippen molar-refractivity contribution in [3.8, 4) is 0 Å². The minimum Gasteiger partial charge on any atom is -0.445 e. The van der Waals surface area contributed by atoms with Gasteiger partial charge in [0.25, 0.3) is 0 Å². The smallest absolute Gasteiger partial charge is 0.410 e. The number of hydrogen-bond acceptors (Lipinski definition) is 4. The molecular weight excluding hydrogens is 270 g/mol. The first-order chi connectivity index (χ1) is 10.1. The van der Waals surface area contributed by atoms with E-state index < -0.39 is 6.04 Å². The first-order valence-corrected chi connectivity index (χ1v) is 7.08. The van der Waals surface area contributed by atoms with E-state index in [0.717, 1.165) is 5.56 Å². The Labute approximate surface area is 124 Å². The molecule has 0 spiro atoms. The van der Waals surface area contributed by atoms with Crippen molar-refractivity contribution in [2.75, 3.05) is 26.2 Å². The van der Waals surface area contributed by atoms with E-state index >= 15 is 0 Å². The molecule has 1 unspecified atom stereocenters. The second kappa shape index (κ2) is 7.08. The third kappa shape index (κ3) is 4.19. The summed E-state index contributed by atoms with van der Waals surface area (Å²) >= 11 is 0. The van der Waals surface area contributed by atoms with E-state index in [9.17, 15) is 9.59 Å². The Morgan fingerprint density at radius 3 is 2.29 bits per heavy atom. The first kappa shape index (κ1) is 15.3. The maximum Gasteiger partial charge on any atom is 0.410 e. The van der Waals surface area contributed by atoms with Crippen LogP contribution < -0.4 is 5.73 Å². The Kier molecular flexibility index (Phi) is 5.16. The summed E-state index contributed by atoms with van der Waals surface area (Å²) in [6.45, 7) is 3.89. The molecule has 0 radical (unpaired) electrons. The number of carbonyl (C=O) groups is 2. The number of carbonyl (C=O) groups excluding carboxylic acids is 2. The quantitative estimate of drug-likeness (QED) is 0.894. The molecule has 0 aromatic heterocycles. The van der Waals surface area contributed by atoms with Crippen molar-refractivity contribution in [1.82, 2.24) is 9.80 Å². The van der Waals surface area contributed by atoms with Gasteiger partial charge < -0.3 is 20.3 Å². The van der Waals surface area contributed by atoms with Crippen LogP contribution in [-0.2, 0) is 16.1 Å². The van der Waals surface area contributed by atoms with Crippen LogP contribution in [0.5, 0.6) is 0 Å². The molecule has 2 N–H and O–H groups in total. The van der Waals surface area contributed by atoms with Gasteiger partial charge in [0, 0.05) is 26.2 Å². The van der Waals surface area contributed by atoms with Gasteiger partial charge in [0.1, 0.15) is 6.61 Å². The molecule has 2 rings (SSSR count). The summed E-state index contributed by atoms with van der Waals surface area (Å²) in [6, 6.07) is 9.05. The fourth-order valence-corrected chi connectivity index (χ4v) is 2.21. The molecule has 0 bridgehead atoms. The number of piperazine rings is 1. The van der Waals surface area contributed by atoms with Crippen molar-refractivity contribution in [3.05, 3.63) is 35.9 Å². The molecule has 1 saturated heterocycles. The molecule has 21 heavy (non-hydrogen) atoms. The van der Waals surface area contributed by atoms with Gasteiger partial charge in [-0.15, -0.1) is 0 Å². The predicted molar refractivity (Wildman–Crippen MR) is 78.4 cm³/mol. The van der Waals surface area contributed by atoms with Gasteiger partial charge in [-0.25, -0.2) is 4.79 Å². The Balaban J connectivity index is 1.77. The molecule has 1 heterocycles. The third-order valence-corrected chi connectivity index (χ3v) is 3.44. The molecule has 1 fully saturated rings. The highest BCUT2D eigenvalue weighted by Gasteiger charge is 2.26. The van der Waals surface area contributed by atoms with Gasteiger partial charge >= 0.3 is 6.09 Å². The monoisotopic (exact) mass is 291 g/mol. The van der Waals surface area contributed by atoms with Gasteiger partial charge in [0.15, 0.2) is 0 Å². The zero-order valence-corrected chi connectivity index (χ0v) is 12.2. The van der Waals surface area contributed by atoms with Crippen LogP contribution in [0.1, 0.15) is 12.5 Å². The lowest BCUT2D eigenvalue weighted by Gasteiger charge is -2.34. The number of rotatable bonds is 3. The number of benzene rings is 1. The number of nitrogens with two attached hydrogens (primary N) is 1. The highest BCUT2D eigenvalue weighted by molar-refractivity contribution is 5.81. The van der Waals surface area contributed by atoms with Crippen molar-refractivity contribution in [2.45, 2.75) is 19.6 Å². The molecule has 1 atom stereocenters.